The van der Waals surface area contributed by atoms with E-state index in [-0.39, 0.29) is 17.3 Å². The maximum absolute atomic E-state index is 12.9. The molecule has 1 unspecified atom stereocenters. The lowest BCUT2D eigenvalue weighted by Crippen LogP contribution is -2.30. The number of aliphatic imine (C=N–C) groups is 1. The number of carbonyl (C=O) groups is 1. The minimum atomic E-state index is -4.48. The second kappa shape index (κ2) is 14.6. The van der Waals surface area contributed by atoms with E-state index in [1.807, 2.05) is 27.7 Å². The Morgan fingerprint density at radius 1 is 1.23 bits per heavy atom. The van der Waals surface area contributed by atoms with Crippen molar-refractivity contribution in [1.29, 1.82) is 0 Å². The van der Waals surface area contributed by atoms with Crippen LogP contribution in [0.4, 0.5) is 24.7 Å². The van der Waals surface area contributed by atoms with Gasteiger partial charge in [-0.3, -0.25) is 4.79 Å². The summed E-state index contributed by atoms with van der Waals surface area (Å²) in [5, 5.41) is 5.78. The number of rotatable bonds is 5. The molecule has 3 rings (SSSR count). The summed E-state index contributed by atoms with van der Waals surface area (Å²) in [5.41, 5.74) is -0.509. The fraction of sp³-hybridized carbons (Fsp3) is 0.346. The number of hydrogen-bond donors (Lipinski definition) is 2. The number of halogens is 3. The maximum Gasteiger partial charge on any atom is 0.416 e. The molecule has 2 heterocycles. The number of hydrogen-bond acceptors (Lipinski definition) is 4. The summed E-state index contributed by atoms with van der Waals surface area (Å²) in [7, 11) is 0. The molecule has 0 spiro atoms. The van der Waals surface area contributed by atoms with Crippen LogP contribution in [0.3, 0.4) is 0 Å². The van der Waals surface area contributed by atoms with Crippen LogP contribution in [0, 0.1) is 0 Å². The van der Waals surface area contributed by atoms with Crippen LogP contribution in [0.5, 0.6) is 0 Å². The number of amides is 1. The number of carbonyl (C=O) groups excluding carboxylic acids is 1. The van der Waals surface area contributed by atoms with E-state index in [0.29, 0.717) is 12.4 Å². The standard InChI is InChI=1S/C21H22F3N5O.C3H6.C2H6/c1-3-25-14(2)29-11-9-17(13-29)27-19-18(8-5-10-26-19)20(30)28-16-7-4-6-15(12-16)21(22,23)24;1-3-2;1-2/h3-8,10,12,17H,1,9,11,13H2,2H3,(H,26,27)(H,28,30);3H,1H2,2H3;1-2H3. The van der Waals surface area contributed by atoms with Crippen LogP contribution in [-0.2, 0) is 6.18 Å². The number of benzene rings is 1. The highest BCUT2D eigenvalue weighted by Crippen LogP contribution is 2.31. The van der Waals surface area contributed by atoms with Crippen molar-refractivity contribution in [1.82, 2.24) is 9.88 Å². The monoisotopic (exact) mass is 489 g/mol. The minimum absolute atomic E-state index is 0.0509. The lowest BCUT2D eigenvalue weighted by Gasteiger charge is -2.19. The Balaban J connectivity index is 0.00000114. The van der Waals surface area contributed by atoms with Gasteiger partial charge in [-0.25, -0.2) is 9.98 Å². The largest absolute Gasteiger partial charge is 0.416 e. The van der Waals surface area contributed by atoms with E-state index in [4.69, 9.17) is 0 Å². The lowest BCUT2D eigenvalue weighted by atomic mass is 10.1. The van der Waals surface area contributed by atoms with Crippen molar-refractivity contribution < 1.29 is 18.0 Å². The molecule has 1 saturated heterocycles. The molecule has 2 N–H and O–H groups in total. The van der Waals surface area contributed by atoms with Crippen LogP contribution in [0.25, 0.3) is 0 Å². The molecule has 6 nitrogen and oxygen atoms in total. The molecule has 9 heteroatoms. The molecule has 35 heavy (non-hydrogen) atoms. The van der Waals surface area contributed by atoms with Crippen molar-refractivity contribution in [2.24, 2.45) is 4.99 Å². The van der Waals surface area contributed by atoms with Crippen LogP contribution in [0.2, 0.25) is 0 Å². The van der Waals surface area contributed by atoms with Crippen LogP contribution >= 0.6 is 0 Å². The van der Waals surface area contributed by atoms with Gasteiger partial charge in [-0.15, -0.1) is 6.58 Å². The number of anilines is 2. The van der Waals surface area contributed by atoms with Crippen molar-refractivity contribution in [3.05, 3.63) is 79.2 Å². The number of nitrogens with one attached hydrogen (secondary N) is 2. The summed E-state index contributed by atoms with van der Waals surface area (Å²) < 4.78 is 38.7. The van der Waals surface area contributed by atoms with Gasteiger partial charge in [-0.1, -0.05) is 32.6 Å². The number of pyridine rings is 1. The molecule has 1 aromatic carbocycles. The highest BCUT2D eigenvalue weighted by Gasteiger charge is 2.30. The molecule has 1 atom stereocenters. The third-order valence-electron chi connectivity index (χ3n) is 4.76. The van der Waals surface area contributed by atoms with Gasteiger partial charge in [0.1, 0.15) is 11.7 Å². The first-order valence-corrected chi connectivity index (χ1v) is 11.4. The summed E-state index contributed by atoms with van der Waals surface area (Å²) in [5.74, 6) is 0.703. The van der Waals surface area contributed by atoms with Crippen molar-refractivity contribution in [2.45, 2.75) is 46.3 Å². The summed E-state index contributed by atoms with van der Waals surface area (Å²) in [6.45, 7) is 16.2. The van der Waals surface area contributed by atoms with E-state index in [0.717, 1.165) is 30.9 Å². The maximum atomic E-state index is 12.9. The molecular formula is C26H34F3N5O. The number of amidine groups is 1. The van der Waals surface area contributed by atoms with E-state index in [9.17, 15) is 18.0 Å². The molecule has 1 aliphatic rings. The molecule has 1 fully saturated rings. The van der Waals surface area contributed by atoms with Gasteiger partial charge in [0.2, 0.25) is 0 Å². The van der Waals surface area contributed by atoms with Crippen molar-refractivity contribution in [2.75, 3.05) is 23.7 Å². The smallest absolute Gasteiger partial charge is 0.365 e. The molecule has 1 amide bonds. The summed E-state index contributed by atoms with van der Waals surface area (Å²) in [6, 6.07) is 7.75. The zero-order valence-electron chi connectivity index (χ0n) is 20.7. The predicted octanol–water partition coefficient (Wildman–Crippen LogP) is 6.62. The van der Waals surface area contributed by atoms with Crippen LogP contribution in [0.15, 0.2) is 73.0 Å². The van der Waals surface area contributed by atoms with Crippen molar-refractivity contribution >= 4 is 23.2 Å². The molecule has 1 aromatic heterocycles. The second-order valence-corrected chi connectivity index (χ2v) is 7.28. The molecule has 0 saturated carbocycles. The zero-order valence-corrected chi connectivity index (χ0v) is 20.7. The Hall–Kier alpha value is -3.62. The Morgan fingerprint density at radius 2 is 1.91 bits per heavy atom. The lowest BCUT2D eigenvalue weighted by molar-refractivity contribution is -0.137. The van der Waals surface area contributed by atoms with E-state index in [1.54, 1.807) is 24.4 Å². The van der Waals surface area contributed by atoms with Gasteiger partial charge in [0.05, 0.1) is 11.1 Å². The molecule has 190 valence electrons. The highest BCUT2D eigenvalue weighted by atomic mass is 19.4. The van der Waals surface area contributed by atoms with Gasteiger partial charge in [0.25, 0.3) is 5.91 Å². The van der Waals surface area contributed by atoms with E-state index in [1.165, 1.54) is 18.3 Å². The quantitative estimate of drug-likeness (QED) is 0.281. The average Bonchev–Trinajstić information content (AvgIpc) is 3.30. The fourth-order valence-corrected chi connectivity index (χ4v) is 3.25. The van der Waals surface area contributed by atoms with Gasteiger partial charge < -0.3 is 15.5 Å². The minimum Gasteiger partial charge on any atom is -0.365 e. The van der Waals surface area contributed by atoms with E-state index < -0.39 is 17.6 Å². The number of nitrogens with zero attached hydrogens (tertiary/aromatic N) is 3. The predicted molar refractivity (Wildman–Crippen MR) is 138 cm³/mol. The molecular weight excluding hydrogens is 455 g/mol. The highest BCUT2D eigenvalue weighted by molar-refractivity contribution is 6.07. The molecule has 2 aromatic rings. The number of allylic oxidation sites excluding steroid dienone is 1. The molecule has 0 radical (unpaired) electrons. The normalized spacial score (nSPS) is 15.1. The first-order valence-electron chi connectivity index (χ1n) is 11.4. The third-order valence-corrected chi connectivity index (χ3v) is 4.76. The van der Waals surface area contributed by atoms with E-state index in [2.05, 4.69) is 38.7 Å². The molecule has 1 aliphatic heterocycles. The van der Waals surface area contributed by atoms with Gasteiger partial charge in [-0.2, -0.15) is 13.2 Å². The van der Waals surface area contributed by atoms with E-state index >= 15 is 0 Å². The first-order chi connectivity index (χ1) is 16.7. The Morgan fingerprint density at radius 3 is 2.54 bits per heavy atom. The van der Waals surface area contributed by atoms with Gasteiger partial charge in [0.15, 0.2) is 0 Å². The van der Waals surface area contributed by atoms with Crippen LogP contribution in [-0.4, -0.2) is 40.8 Å². The van der Waals surface area contributed by atoms with Crippen LogP contribution < -0.4 is 10.6 Å². The number of alkyl halides is 3. The Labute approximate surface area is 205 Å². The second-order valence-electron chi connectivity index (χ2n) is 7.28. The summed E-state index contributed by atoms with van der Waals surface area (Å²) in [6.07, 6.45) is 1.14. The van der Waals surface area contributed by atoms with Crippen molar-refractivity contribution in [3.8, 4) is 0 Å². The Bertz CT molecular complexity index is 1000. The fourth-order valence-electron chi connectivity index (χ4n) is 3.25. The number of aromatic nitrogens is 1. The topological polar surface area (TPSA) is 69.6 Å². The van der Waals surface area contributed by atoms with Gasteiger partial charge in [0, 0.05) is 37.2 Å². The van der Waals surface area contributed by atoms with Gasteiger partial charge >= 0.3 is 6.18 Å². The average molecular weight is 490 g/mol. The van der Waals surface area contributed by atoms with Crippen LogP contribution in [0.1, 0.15) is 50.0 Å². The Kier molecular flexibility index (Phi) is 12.3. The summed E-state index contributed by atoms with van der Waals surface area (Å²) >= 11 is 0. The number of likely N-dealkylation sites (tertiary alicyclic amines) is 1. The van der Waals surface area contributed by atoms with Gasteiger partial charge in [-0.05, 0) is 50.6 Å². The van der Waals surface area contributed by atoms with Crippen molar-refractivity contribution in [3.63, 3.8) is 0 Å². The first kappa shape index (κ1) is 29.4. The zero-order chi connectivity index (χ0) is 26.4. The molecule has 0 bridgehead atoms. The summed E-state index contributed by atoms with van der Waals surface area (Å²) in [4.78, 5) is 23.3. The third kappa shape index (κ3) is 9.27. The molecule has 0 aliphatic carbocycles. The SMILES string of the molecule is C=CC.C=CN=C(C)N1CCC(Nc2ncccc2C(=O)Nc2cccc(C(F)(F)F)c2)C1.CC.